The lowest BCUT2D eigenvalue weighted by Crippen LogP contribution is -2.40. The molecule has 0 saturated heterocycles. The Hall–Kier alpha value is -1.65. The number of rotatable bonds is 6. The van der Waals surface area contributed by atoms with E-state index in [1.165, 1.54) is 0 Å². The molecule has 4 nitrogen and oxygen atoms in total. The van der Waals surface area contributed by atoms with E-state index >= 15 is 0 Å². The van der Waals surface area contributed by atoms with Crippen molar-refractivity contribution in [2.24, 2.45) is 0 Å². The van der Waals surface area contributed by atoms with Crippen LogP contribution >= 0.6 is 0 Å². The summed E-state index contributed by atoms with van der Waals surface area (Å²) in [5, 5.41) is 17.0. The van der Waals surface area contributed by atoms with E-state index in [9.17, 15) is 5.11 Å². The van der Waals surface area contributed by atoms with Crippen molar-refractivity contribution in [3.63, 3.8) is 0 Å². The smallest absolute Gasteiger partial charge is 0.0602 e. The van der Waals surface area contributed by atoms with Crippen LogP contribution in [0, 0.1) is 0 Å². The number of aromatic nitrogens is 2. The Morgan fingerprint density at radius 3 is 2.58 bits per heavy atom. The van der Waals surface area contributed by atoms with Crippen LogP contribution < -0.4 is 5.32 Å². The van der Waals surface area contributed by atoms with Gasteiger partial charge >= 0.3 is 0 Å². The highest BCUT2D eigenvalue weighted by molar-refractivity contribution is 5.61. The topological polar surface area (TPSA) is 50.1 Å². The van der Waals surface area contributed by atoms with Crippen molar-refractivity contribution < 1.29 is 5.11 Å². The number of hydrogen-bond donors (Lipinski definition) is 2. The normalized spacial score (nSPS) is 12.8. The summed E-state index contributed by atoms with van der Waals surface area (Å²) in [6, 6.07) is 10.5. The third-order valence-corrected chi connectivity index (χ3v) is 2.94. The highest BCUT2D eigenvalue weighted by Crippen LogP contribution is 2.17. The van der Waals surface area contributed by atoms with E-state index in [1.807, 2.05) is 35.3 Å². The summed E-state index contributed by atoms with van der Waals surface area (Å²) in [4.78, 5) is 0. The first-order valence-electron chi connectivity index (χ1n) is 6.64. The van der Waals surface area contributed by atoms with Crippen molar-refractivity contribution in [1.82, 2.24) is 15.1 Å². The van der Waals surface area contributed by atoms with Crippen LogP contribution in [0.3, 0.4) is 0 Å². The summed E-state index contributed by atoms with van der Waals surface area (Å²) >= 11 is 0. The Bertz CT molecular complexity index is 493. The van der Waals surface area contributed by atoms with Crippen LogP contribution in [0.15, 0.2) is 42.7 Å². The molecule has 2 aromatic rings. The van der Waals surface area contributed by atoms with E-state index in [0.29, 0.717) is 12.6 Å². The van der Waals surface area contributed by atoms with E-state index in [1.54, 1.807) is 0 Å². The number of hydrogen-bond acceptors (Lipinski definition) is 3. The van der Waals surface area contributed by atoms with Crippen LogP contribution in [0.1, 0.15) is 13.8 Å². The van der Waals surface area contributed by atoms with Crippen LogP contribution in [0.25, 0.3) is 11.1 Å². The van der Waals surface area contributed by atoms with Crippen molar-refractivity contribution in [2.75, 3.05) is 6.61 Å². The molecule has 0 bridgehead atoms. The van der Waals surface area contributed by atoms with Gasteiger partial charge in [-0.3, -0.25) is 4.68 Å². The van der Waals surface area contributed by atoms with Gasteiger partial charge < -0.3 is 10.4 Å². The van der Waals surface area contributed by atoms with E-state index in [0.717, 1.165) is 11.1 Å². The average molecular weight is 259 g/mol. The Balaban J connectivity index is 2.05. The lowest BCUT2D eigenvalue weighted by Gasteiger charge is -2.18. The monoisotopic (exact) mass is 259 g/mol. The van der Waals surface area contributed by atoms with Crippen LogP contribution in [0.2, 0.25) is 0 Å². The van der Waals surface area contributed by atoms with E-state index < -0.39 is 0 Å². The van der Waals surface area contributed by atoms with Gasteiger partial charge in [0.1, 0.15) is 0 Å². The maximum Gasteiger partial charge on any atom is 0.0602 e. The molecule has 1 aromatic carbocycles. The van der Waals surface area contributed by atoms with Gasteiger partial charge in [-0.2, -0.15) is 5.10 Å². The maximum atomic E-state index is 9.36. The molecule has 2 rings (SSSR count). The van der Waals surface area contributed by atoms with E-state index in [2.05, 4.69) is 36.4 Å². The van der Waals surface area contributed by atoms with E-state index in [-0.39, 0.29) is 12.6 Å². The van der Waals surface area contributed by atoms with Gasteiger partial charge in [0.15, 0.2) is 0 Å². The molecule has 1 unspecified atom stereocenters. The summed E-state index contributed by atoms with van der Waals surface area (Å²) in [6.07, 6.45) is 3.87. The second-order valence-corrected chi connectivity index (χ2v) is 5.02. The largest absolute Gasteiger partial charge is 0.395 e. The first kappa shape index (κ1) is 13.8. The Labute approximate surface area is 114 Å². The molecule has 102 valence electrons. The molecular formula is C15H21N3O. The van der Waals surface area contributed by atoms with Crippen LogP contribution in [-0.4, -0.2) is 33.6 Å². The Morgan fingerprint density at radius 1 is 1.21 bits per heavy atom. The third-order valence-electron chi connectivity index (χ3n) is 2.94. The third kappa shape index (κ3) is 3.91. The lowest BCUT2D eigenvalue weighted by atomic mass is 10.1. The predicted molar refractivity (Wildman–Crippen MR) is 76.8 cm³/mol. The van der Waals surface area contributed by atoms with Gasteiger partial charge in [0.2, 0.25) is 0 Å². The van der Waals surface area contributed by atoms with Gasteiger partial charge in [-0.15, -0.1) is 0 Å². The average Bonchev–Trinajstić information content (AvgIpc) is 2.87. The van der Waals surface area contributed by atoms with Crippen molar-refractivity contribution in [3.05, 3.63) is 42.7 Å². The van der Waals surface area contributed by atoms with Gasteiger partial charge in [-0.1, -0.05) is 44.2 Å². The summed E-state index contributed by atoms with van der Waals surface area (Å²) in [6.45, 7) is 4.92. The van der Waals surface area contributed by atoms with E-state index in [4.69, 9.17) is 0 Å². The maximum absolute atomic E-state index is 9.36. The lowest BCUT2D eigenvalue weighted by molar-refractivity contribution is 0.218. The zero-order valence-corrected chi connectivity index (χ0v) is 11.5. The number of nitrogens with zero attached hydrogens (tertiary/aromatic N) is 2. The molecule has 0 aliphatic heterocycles. The number of aliphatic hydroxyl groups is 1. The molecule has 0 fully saturated rings. The van der Waals surface area contributed by atoms with Crippen LogP contribution in [0.4, 0.5) is 0 Å². The molecule has 1 atom stereocenters. The first-order chi connectivity index (χ1) is 9.19. The predicted octanol–water partition coefficient (Wildman–Crippen LogP) is 1.91. The minimum atomic E-state index is 0.0310. The van der Waals surface area contributed by atoms with Gasteiger partial charge in [-0.25, -0.2) is 0 Å². The molecule has 2 N–H and O–H groups in total. The number of benzene rings is 1. The Kier molecular flexibility index (Phi) is 4.71. The summed E-state index contributed by atoms with van der Waals surface area (Å²) < 4.78 is 1.87. The van der Waals surface area contributed by atoms with Crippen molar-refractivity contribution in [3.8, 4) is 11.1 Å². The molecule has 1 aromatic heterocycles. The fraction of sp³-hybridized carbons (Fsp3) is 0.400. The standard InChI is InChI=1S/C15H21N3O/c1-12(2)17-15(11-19)10-18-9-14(8-16-18)13-6-4-3-5-7-13/h3-9,12,15,17,19H,10-11H2,1-2H3. The molecule has 0 spiro atoms. The van der Waals surface area contributed by atoms with Gasteiger partial charge in [0.25, 0.3) is 0 Å². The highest BCUT2D eigenvalue weighted by Gasteiger charge is 2.10. The fourth-order valence-electron chi connectivity index (χ4n) is 2.10. The minimum Gasteiger partial charge on any atom is -0.395 e. The van der Waals surface area contributed by atoms with Crippen molar-refractivity contribution in [2.45, 2.75) is 32.5 Å². The molecule has 0 saturated carbocycles. The summed E-state index contributed by atoms with van der Waals surface area (Å²) in [5.41, 5.74) is 2.26. The highest BCUT2D eigenvalue weighted by atomic mass is 16.3. The van der Waals surface area contributed by atoms with Gasteiger partial charge in [0, 0.05) is 23.8 Å². The van der Waals surface area contributed by atoms with Crippen LogP contribution in [-0.2, 0) is 6.54 Å². The quantitative estimate of drug-likeness (QED) is 0.833. The summed E-state index contributed by atoms with van der Waals surface area (Å²) in [5.74, 6) is 0. The van der Waals surface area contributed by atoms with Gasteiger partial charge in [0.05, 0.1) is 19.3 Å². The zero-order chi connectivity index (χ0) is 13.7. The molecule has 0 amide bonds. The molecule has 0 aliphatic rings. The SMILES string of the molecule is CC(C)NC(CO)Cn1cc(-c2ccccc2)cn1. The molecule has 1 heterocycles. The second-order valence-electron chi connectivity index (χ2n) is 5.02. The number of nitrogens with one attached hydrogen (secondary N) is 1. The molecule has 0 aliphatic carbocycles. The molecule has 4 heteroatoms. The second kappa shape index (κ2) is 6.50. The van der Waals surface area contributed by atoms with Crippen molar-refractivity contribution in [1.29, 1.82) is 0 Å². The number of aliphatic hydroxyl groups excluding tert-OH is 1. The van der Waals surface area contributed by atoms with Crippen LogP contribution in [0.5, 0.6) is 0 Å². The zero-order valence-electron chi connectivity index (χ0n) is 11.5. The molecule has 19 heavy (non-hydrogen) atoms. The molecular weight excluding hydrogens is 238 g/mol. The minimum absolute atomic E-state index is 0.0310. The Morgan fingerprint density at radius 2 is 1.95 bits per heavy atom. The van der Waals surface area contributed by atoms with Gasteiger partial charge in [-0.05, 0) is 5.56 Å². The van der Waals surface area contributed by atoms with Crippen molar-refractivity contribution >= 4 is 0 Å². The first-order valence-corrected chi connectivity index (χ1v) is 6.64. The fourth-order valence-corrected chi connectivity index (χ4v) is 2.10. The molecule has 0 radical (unpaired) electrons. The summed E-state index contributed by atoms with van der Waals surface area (Å²) in [7, 11) is 0.